The Hall–Kier alpha value is -1.25. The molecule has 3 nitrogen and oxygen atoms in total. The summed E-state index contributed by atoms with van der Waals surface area (Å²) < 4.78 is 0. The van der Waals surface area contributed by atoms with Crippen LogP contribution in [0.4, 0.5) is 4.79 Å². The fourth-order valence-electron chi connectivity index (χ4n) is 1.10. The molecule has 1 aliphatic rings. The average Bonchev–Trinajstić information content (AvgIpc) is 2.15. The highest BCUT2D eigenvalue weighted by atomic mass is 16.2. The van der Waals surface area contributed by atoms with Crippen LogP contribution in [0.3, 0.4) is 0 Å². The molecule has 1 rings (SSSR count). The van der Waals surface area contributed by atoms with Gasteiger partial charge in [-0.2, -0.15) is 0 Å². The summed E-state index contributed by atoms with van der Waals surface area (Å²) >= 11 is 0. The van der Waals surface area contributed by atoms with Gasteiger partial charge < -0.3 is 10.2 Å². The van der Waals surface area contributed by atoms with Gasteiger partial charge in [-0.1, -0.05) is 18.2 Å². The van der Waals surface area contributed by atoms with Crippen molar-refractivity contribution in [2.24, 2.45) is 0 Å². The molecule has 1 aliphatic heterocycles. The lowest BCUT2D eigenvalue weighted by molar-refractivity contribution is 0.203. The number of carbonyl (C=O) groups is 1. The number of hydrogen-bond acceptors (Lipinski definition) is 1. The molecule has 0 unspecified atom stereocenters. The fourth-order valence-corrected chi connectivity index (χ4v) is 1.10. The van der Waals surface area contributed by atoms with E-state index in [0.29, 0.717) is 6.54 Å². The largest absolute Gasteiger partial charge is 0.335 e. The molecular formula is C9H14N2O. The molecule has 12 heavy (non-hydrogen) atoms. The summed E-state index contributed by atoms with van der Waals surface area (Å²) in [6, 6.07) is -0.000694. The van der Waals surface area contributed by atoms with E-state index in [-0.39, 0.29) is 6.03 Å². The van der Waals surface area contributed by atoms with E-state index >= 15 is 0 Å². The Morgan fingerprint density at radius 3 is 3.08 bits per heavy atom. The standard InChI is InChI=1S/C9H14N2O/c1-2-6-10-9(12)11-7-4-3-5-8-11/h2-4H,1,5-8H2,(H,10,12). The van der Waals surface area contributed by atoms with E-state index in [1.807, 2.05) is 6.08 Å². The number of urea groups is 1. The molecule has 0 aromatic rings. The van der Waals surface area contributed by atoms with Gasteiger partial charge in [0.15, 0.2) is 0 Å². The predicted molar refractivity (Wildman–Crippen MR) is 48.9 cm³/mol. The van der Waals surface area contributed by atoms with Crippen molar-refractivity contribution in [1.29, 1.82) is 0 Å². The zero-order valence-corrected chi connectivity index (χ0v) is 7.12. The van der Waals surface area contributed by atoms with Gasteiger partial charge in [-0.25, -0.2) is 4.79 Å². The Kier molecular flexibility index (Phi) is 3.38. The third kappa shape index (κ3) is 2.42. The highest BCUT2D eigenvalue weighted by Crippen LogP contribution is 2.00. The van der Waals surface area contributed by atoms with Crippen molar-refractivity contribution in [2.45, 2.75) is 6.42 Å². The van der Waals surface area contributed by atoms with Gasteiger partial charge in [-0.3, -0.25) is 0 Å². The minimum atomic E-state index is -0.000694. The number of amides is 2. The van der Waals surface area contributed by atoms with Crippen molar-refractivity contribution >= 4 is 6.03 Å². The summed E-state index contributed by atoms with van der Waals surface area (Å²) in [6.07, 6.45) is 6.74. The maximum atomic E-state index is 11.3. The normalized spacial score (nSPS) is 15.8. The van der Waals surface area contributed by atoms with Crippen molar-refractivity contribution in [3.8, 4) is 0 Å². The third-order valence-corrected chi connectivity index (χ3v) is 1.74. The van der Waals surface area contributed by atoms with E-state index < -0.39 is 0 Å². The molecule has 0 fully saturated rings. The molecule has 0 saturated heterocycles. The maximum absolute atomic E-state index is 11.3. The molecule has 1 N–H and O–H groups in total. The SMILES string of the molecule is C=CCNC(=O)N1CC=CCC1. The van der Waals surface area contributed by atoms with E-state index in [2.05, 4.69) is 18.0 Å². The average molecular weight is 166 g/mol. The highest BCUT2D eigenvalue weighted by molar-refractivity contribution is 5.74. The minimum Gasteiger partial charge on any atom is -0.335 e. The van der Waals surface area contributed by atoms with Gasteiger partial charge >= 0.3 is 6.03 Å². The van der Waals surface area contributed by atoms with Crippen molar-refractivity contribution < 1.29 is 4.79 Å². The van der Waals surface area contributed by atoms with Crippen molar-refractivity contribution in [3.63, 3.8) is 0 Å². The molecule has 0 aliphatic carbocycles. The van der Waals surface area contributed by atoms with Crippen LogP contribution in [-0.4, -0.2) is 30.6 Å². The first-order chi connectivity index (χ1) is 5.84. The topological polar surface area (TPSA) is 32.3 Å². The zero-order chi connectivity index (χ0) is 8.81. The van der Waals surface area contributed by atoms with Crippen LogP contribution < -0.4 is 5.32 Å². The number of carbonyl (C=O) groups excluding carboxylic acids is 1. The number of hydrogen-bond donors (Lipinski definition) is 1. The summed E-state index contributed by atoms with van der Waals surface area (Å²) in [4.78, 5) is 13.1. The molecule has 0 atom stereocenters. The lowest BCUT2D eigenvalue weighted by Gasteiger charge is -2.23. The van der Waals surface area contributed by atoms with Crippen molar-refractivity contribution in [3.05, 3.63) is 24.8 Å². The first kappa shape index (κ1) is 8.84. The Morgan fingerprint density at radius 2 is 2.50 bits per heavy atom. The molecular weight excluding hydrogens is 152 g/mol. The van der Waals surface area contributed by atoms with Crippen LogP contribution in [0.25, 0.3) is 0 Å². The molecule has 0 radical (unpaired) electrons. The molecule has 66 valence electrons. The van der Waals surface area contributed by atoms with Crippen LogP contribution in [0, 0.1) is 0 Å². The third-order valence-electron chi connectivity index (χ3n) is 1.74. The van der Waals surface area contributed by atoms with Crippen LogP contribution in [0.2, 0.25) is 0 Å². The van der Waals surface area contributed by atoms with Crippen LogP contribution in [-0.2, 0) is 0 Å². The van der Waals surface area contributed by atoms with Gasteiger partial charge in [0.1, 0.15) is 0 Å². The second-order valence-corrected chi connectivity index (χ2v) is 2.68. The molecule has 2 amide bonds. The van der Waals surface area contributed by atoms with Gasteiger partial charge in [-0.05, 0) is 6.42 Å². The zero-order valence-electron chi connectivity index (χ0n) is 7.12. The van der Waals surface area contributed by atoms with Crippen molar-refractivity contribution in [2.75, 3.05) is 19.6 Å². The Balaban J connectivity index is 2.31. The fraction of sp³-hybridized carbons (Fsp3) is 0.444. The quantitative estimate of drug-likeness (QED) is 0.613. The van der Waals surface area contributed by atoms with E-state index in [4.69, 9.17) is 0 Å². The maximum Gasteiger partial charge on any atom is 0.317 e. The summed E-state index contributed by atoms with van der Waals surface area (Å²) in [5.74, 6) is 0. The lowest BCUT2D eigenvalue weighted by atomic mass is 10.3. The van der Waals surface area contributed by atoms with Crippen LogP contribution in [0.1, 0.15) is 6.42 Å². The summed E-state index contributed by atoms with van der Waals surface area (Å²) in [6.45, 7) is 5.62. The predicted octanol–water partition coefficient (Wildman–Crippen LogP) is 1.14. The van der Waals surface area contributed by atoms with Crippen LogP contribution in [0.15, 0.2) is 24.8 Å². The van der Waals surface area contributed by atoms with Gasteiger partial charge in [0.05, 0.1) is 0 Å². The van der Waals surface area contributed by atoms with Gasteiger partial charge in [0, 0.05) is 19.6 Å². The van der Waals surface area contributed by atoms with E-state index in [9.17, 15) is 4.79 Å². The monoisotopic (exact) mass is 166 g/mol. The second-order valence-electron chi connectivity index (χ2n) is 2.68. The van der Waals surface area contributed by atoms with E-state index in [1.165, 1.54) is 0 Å². The Bertz CT molecular complexity index is 199. The first-order valence-corrected chi connectivity index (χ1v) is 4.13. The molecule has 3 heteroatoms. The highest BCUT2D eigenvalue weighted by Gasteiger charge is 2.11. The molecule has 1 heterocycles. The number of rotatable bonds is 2. The van der Waals surface area contributed by atoms with Crippen molar-refractivity contribution in [1.82, 2.24) is 10.2 Å². The lowest BCUT2D eigenvalue weighted by Crippen LogP contribution is -2.41. The number of nitrogens with zero attached hydrogens (tertiary/aromatic N) is 1. The van der Waals surface area contributed by atoms with Crippen LogP contribution >= 0.6 is 0 Å². The second kappa shape index (κ2) is 4.59. The number of nitrogens with one attached hydrogen (secondary N) is 1. The van der Waals surface area contributed by atoms with Gasteiger partial charge in [0.25, 0.3) is 0 Å². The summed E-state index contributed by atoms with van der Waals surface area (Å²) in [5, 5.41) is 2.74. The molecule has 0 saturated carbocycles. The molecule has 0 aromatic carbocycles. The van der Waals surface area contributed by atoms with E-state index in [1.54, 1.807) is 11.0 Å². The smallest absolute Gasteiger partial charge is 0.317 e. The van der Waals surface area contributed by atoms with E-state index in [0.717, 1.165) is 19.5 Å². The first-order valence-electron chi connectivity index (χ1n) is 4.13. The Morgan fingerprint density at radius 1 is 1.67 bits per heavy atom. The molecule has 0 bridgehead atoms. The van der Waals surface area contributed by atoms with Gasteiger partial charge in [0.2, 0.25) is 0 Å². The Labute approximate surface area is 72.7 Å². The summed E-state index contributed by atoms with van der Waals surface area (Å²) in [5.41, 5.74) is 0. The molecule has 0 spiro atoms. The molecule has 0 aromatic heterocycles. The summed E-state index contributed by atoms with van der Waals surface area (Å²) in [7, 11) is 0. The van der Waals surface area contributed by atoms with Crippen LogP contribution in [0.5, 0.6) is 0 Å². The minimum absolute atomic E-state index is 0.000694. The van der Waals surface area contributed by atoms with Gasteiger partial charge in [-0.15, -0.1) is 6.58 Å².